The van der Waals surface area contributed by atoms with Crippen LogP contribution in [0.15, 0.2) is 0 Å². The van der Waals surface area contributed by atoms with Gasteiger partial charge in [-0.15, -0.1) is 0 Å². The van der Waals surface area contributed by atoms with E-state index in [9.17, 15) is 15.3 Å². The van der Waals surface area contributed by atoms with Crippen molar-refractivity contribution in [2.45, 2.75) is 89.0 Å². The quantitative estimate of drug-likeness (QED) is 0.340. The number of unbranched alkanes of at least 4 members (excludes halogenated alkanes) is 7. The van der Waals surface area contributed by atoms with Gasteiger partial charge >= 0.3 is 0 Å². The van der Waals surface area contributed by atoms with Crippen LogP contribution in [0.3, 0.4) is 0 Å². The molecule has 0 radical (unpaired) electrons. The summed E-state index contributed by atoms with van der Waals surface area (Å²) in [6.07, 6.45) is 3.84. The number of rotatable bonds is 14. The molecule has 0 aromatic heterocycles. The van der Waals surface area contributed by atoms with E-state index < -0.39 is 37.3 Å². The molecule has 1 fully saturated rings. The van der Waals surface area contributed by atoms with Crippen LogP contribution in [0.2, 0.25) is 0 Å². The lowest BCUT2D eigenvalue weighted by Crippen LogP contribution is -2.59. The topological polar surface area (TPSA) is 109 Å². The van der Waals surface area contributed by atoms with Crippen LogP contribution in [0.25, 0.3) is 0 Å². The largest absolute Gasteiger partial charge is 0.394 e. The number of ether oxygens (including phenoxy) is 3. The maximum Gasteiger partial charge on any atom is 0.186 e. The second-order valence-corrected chi connectivity index (χ2v) is 6.66. The Kier molecular flexibility index (Phi) is 12.6. The maximum atomic E-state index is 9.82. The minimum Gasteiger partial charge on any atom is -0.394 e. The highest BCUT2D eigenvalue weighted by atomic mass is 16.7. The molecule has 4 N–H and O–H groups in total. The zero-order valence-electron chi connectivity index (χ0n) is 15.4. The number of hydrogen-bond donors (Lipinski definition) is 4. The van der Waals surface area contributed by atoms with Crippen LogP contribution in [-0.4, -0.2) is 77.6 Å². The van der Waals surface area contributed by atoms with Crippen LogP contribution in [0.4, 0.5) is 0 Å². The fourth-order valence-electron chi connectivity index (χ4n) is 2.87. The molecule has 5 atom stereocenters. The van der Waals surface area contributed by atoms with Crippen molar-refractivity contribution in [3.8, 4) is 0 Å². The monoisotopic (exact) mass is 364 g/mol. The van der Waals surface area contributed by atoms with Crippen molar-refractivity contribution in [2.24, 2.45) is 0 Å². The van der Waals surface area contributed by atoms with E-state index in [2.05, 4.69) is 6.92 Å². The van der Waals surface area contributed by atoms with Crippen LogP contribution in [-0.2, 0) is 14.2 Å². The Labute approximate surface area is 150 Å². The summed E-state index contributed by atoms with van der Waals surface area (Å²) >= 11 is 0. The number of hydrogen-bond acceptors (Lipinski definition) is 7. The summed E-state index contributed by atoms with van der Waals surface area (Å²) < 4.78 is 16.1. The molecule has 1 heterocycles. The summed E-state index contributed by atoms with van der Waals surface area (Å²) in [6.45, 7) is 3.01. The first-order valence-electron chi connectivity index (χ1n) is 9.61. The molecule has 0 aromatic rings. The maximum absolute atomic E-state index is 9.82. The van der Waals surface area contributed by atoms with Gasteiger partial charge < -0.3 is 34.6 Å². The van der Waals surface area contributed by atoms with E-state index in [1.54, 1.807) is 0 Å². The molecule has 7 nitrogen and oxygen atoms in total. The lowest BCUT2D eigenvalue weighted by Gasteiger charge is -2.39. The fourth-order valence-corrected chi connectivity index (χ4v) is 2.87. The minimum absolute atomic E-state index is 0.208. The molecular weight excluding hydrogens is 328 g/mol. The average molecular weight is 364 g/mol. The Morgan fingerprint density at radius 1 is 0.760 bits per heavy atom. The van der Waals surface area contributed by atoms with Gasteiger partial charge in [0.15, 0.2) is 6.29 Å². The molecule has 0 spiro atoms. The molecule has 1 rings (SSSR count). The van der Waals surface area contributed by atoms with Crippen molar-refractivity contribution in [1.82, 2.24) is 0 Å². The van der Waals surface area contributed by atoms with Crippen LogP contribution in [0, 0.1) is 0 Å². The first-order valence-corrected chi connectivity index (χ1v) is 9.61. The van der Waals surface area contributed by atoms with Crippen molar-refractivity contribution < 1.29 is 34.6 Å². The van der Waals surface area contributed by atoms with Crippen LogP contribution < -0.4 is 0 Å². The van der Waals surface area contributed by atoms with Crippen molar-refractivity contribution in [2.75, 3.05) is 26.4 Å². The molecule has 25 heavy (non-hydrogen) atoms. The standard InChI is InChI=1S/C18H36O7/c1-2-3-4-5-6-7-8-9-10-23-11-12-24-18-17(22)16(21)15(20)14(13-19)25-18/h14-22H,2-13H2,1H3/t14?,15-,16-,17?,18+/m0/s1. The highest BCUT2D eigenvalue weighted by Crippen LogP contribution is 2.21. The Morgan fingerprint density at radius 2 is 1.40 bits per heavy atom. The predicted molar refractivity (Wildman–Crippen MR) is 93.1 cm³/mol. The number of aliphatic hydroxyl groups is 4. The van der Waals surface area contributed by atoms with Gasteiger partial charge in [-0.25, -0.2) is 0 Å². The van der Waals surface area contributed by atoms with Crippen molar-refractivity contribution in [1.29, 1.82) is 0 Å². The van der Waals surface area contributed by atoms with Gasteiger partial charge in [0.2, 0.25) is 0 Å². The van der Waals surface area contributed by atoms with Gasteiger partial charge in [-0.05, 0) is 6.42 Å². The van der Waals surface area contributed by atoms with Crippen molar-refractivity contribution in [3.63, 3.8) is 0 Å². The molecule has 1 aliphatic rings. The second-order valence-electron chi connectivity index (χ2n) is 6.66. The van der Waals surface area contributed by atoms with E-state index in [0.717, 1.165) is 6.42 Å². The zero-order valence-corrected chi connectivity index (χ0v) is 15.4. The normalized spacial score (nSPS) is 29.9. The molecule has 1 aliphatic heterocycles. The van der Waals surface area contributed by atoms with E-state index in [-0.39, 0.29) is 6.61 Å². The summed E-state index contributed by atoms with van der Waals surface area (Å²) in [5.41, 5.74) is 0. The first-order chi connectivity index (χ1) is 12.1. The van der Waals surface area contributed by atoms with Crippen LogP contribution in [0.5, 0.6) is 0 Å². The van der Waals surface area contributed by atoms with Gasteiger partial charge in [-0.2, -0.15) is 0 Å². The summed E-state index contributed by atoms with van der Waals surface area (Å²) in [7, 11) is 0. The number of aliphatic hydroxyl groups excluding tert-OH is 4. The molecule has 0 aliphatic carbocycles. The van der Waals surface area contributed by atoms with E-state index in [1.807, 2.05) is 0 Å². The van der Waals surface area contributed by atoms with Crippen molar-refractivity contribution in [3.05, 3.63) is 0 Å². The molecule has 0 aromatic carbocycles. The predicted octanol–water partition coefficient (Wildman–Crippen LogP) is 0.960. The highest BCUT2D eigenvalue weighted by molar-refractivity contribution is 4.88. The summed E-state index contributed by atoms with van der Waals surface area (Å²) in [5, 5.41) is 38.2. The second kappa shape index (κ2) is 13.9. The van der Waals surface area contributed by atoms with Gasteiger partial charge in [-0.1, -0.05) is 51.9 Å². The zero-order chi connectivity index (χ0) is 18.5. The van der Waals surface area contributed by atoms with Gasteiger partial charge in [0.25, 0.3) is 0 Å². The SMILES string of the molecule is CCCCCCCCCCOCCO[C@@H]1OC(CO)[C@H](O)[C@H](O)C1O. The van der Waals surface area contributed by atoms with Crippen LogP contribution in [0.1, 0.15) is 58.3 Å². The Balaban J connectivity index is 1.99. The first kappa shape index (κ1) is 22.8. The Bertz CT molecular complexity index is 314. The average Bonchev–Trinajstić information content (AvgIpc) is 2.62. The summed E-state index contributed by atoms with van der Waals surface area (Å²) in [5.74, 6) is 0. The van der Waals surface area contributed by atoms with E-state index in [0.29, 0.717) is 13.2 Å². The fraction of sp³-hybridized carbons (Fsp3) is 1.00. The molecule has 2 unspecified atom stereocenters. The molecule has 7 heteroatoms. The molecule has 1 saturated heterocycles. The highest BCUT2D eigenvalue weighted by Gasteiger charge is 2.43. The molecule has 0 bridgehead atoms. The smallest absolute Gasteiger partial charge is 0.186 e. The van der Waals surface area contributed by atoms with Crippen molar-refractivity contribution >= 4 is 0 Å². The Hall–Kier alpha value is -0.280. The molecular formula is C18H36O7. The van der Waals surface area contributed by atoms with Gasteiger partial charge in [-0.3, -0.25) is 0 Å². The van der Waals surface area contributed by atoms with E-state index in [1.165, 1.54) is 44.9 Å². The lowest BCUT2D eigenvalue weighted by molar-refractivity contribution is -0.302. The van der Waals surface area contributed by atoms with Gasteiger partial charge in [0.1, 0.15) is 24.4 Å². The van der Waals surface area contributed by atoms with Gasteiger partial charge in [0.05, 0.1) is 19.8 Å². The summed E-state index contributed by atoms with van der Waals surface area (Å²) in [4.78, 5) is 0. The van der Waals surface area contributed by atoms with E-state index >= 15 is 0 Å². The molecule has 150 valence electrons. The molecule has 0 amide bonds. The molecule has 0 saturated carbocycles. The summed E-state index contributed by atoms with van der Waals surface area (Å²) in [6, 6.07) is 0. The third-order valence-corrected chi connectivity index (χ3v) is 4.50. The third-order valence-electron chi connectivity index (χ3n) is 4.50. The minimum atomic E-state index is -1.41. The Morgan fingerprint density at radius 3 is 2.04 bits per heavy atom. The van der Waals surface area contributed by atoms with Crippen LogP contribution >= 0.6 is 0 Å². The van der Waals surface area contributed by atoms with E-state index in [4.69, 9.17) is 19.3 Å². The third kappa shape index (κ3) is 8.77. The lowest BCUT2D eigenvalue weighted by atomic mass is 9.99. The van der Waals surface area contributed by atoms with Gasteiger partial charge in [0, 0.05) is 6.61 Å².